The summed E-state index contributed by atoms with van der Waals surface area (Å²) in [4.78, 5) is 24.0. The van der Waals surface area contributed by atoms with Crippen LogP contribution in [0.4, 0.5) is 10.5 Å². The molecule has 0 aromatic heterocycles. The molecule has 0 radical (unpaired) electrons. The second-order valence-corrected chi connectivity index (χ2v) is 7.16. The van der Waals surface area contributed by atoms with E-state index in [9.17, 15) is 9.59 Å². The number of unbranched alkanes of at least 4 members (excludes halogenated alkanes) is 2. The van der Waals surface area contributed by atoms with E-state index in [0.717, 1.165) is 25.8 Å². The molecule has 0 fully saturated rings. The van der Waals surface area contributed by atoms with Gasteiger partial charge in [-0.05, 0) is 57.6 Å². The molecule has 0 aliphatic heterocycles. The number of hydrogen-bond acceptors (Lipinski definition) is 4. The summed E-state index contributed by atoms with van der Waals surface area (Å²) in [7, 11) is 0. The minimum atomic E-state index is -0.594. The summed E-state index contributed by atoms with van der Waals surface area (Å²) in [6, 6.07) is 6.53. The van der Waals surface area contributed by atoms with Crippen LogP contribution in [0.3, 0.4) is 0 Å². The lowest BCUT2D eigenvalue weighted by Crippen LogP contribution is -2.47. The molecule has 0 atom stereocenters. The van der Waals surface area contributed by atoms with Gasteiger partial charge in [0.2, 0.25) is 0 Å². The summed E-state index contributed by atoms with van der Waals surface area (Å²) in [6.07, 6.45) is 2.70. The maximum absolute atomic E-state index is 12.2. The second-order valence-electron chi connectivity index (χ2n) is 6.75. The van der Waals surface area contributed by atoms with E-state index in [4.69, 9.17) is 17.0 Å². The first kappa shape index (κ1) is 21.7. The Balaban J connectivity index is 2.49. The molecule has 7 nitrogen and oxygen atoms in total. The van der Waals surface area contributed by atoms with Crippen LogP contribution < -0.4 is 21.5 Å². The first-order chi connectivity index (χ1) is 12.2. The quantitative estimate of drug-likeness (QED) is 0.344. The summed E-state index contributed by atoms with van der Waals surface area (Å²) in [5, 5.41) is 5.97. The molecule has 0 unspecified atom stereocenters. The number of hydrogen-bond donors (Lipinski definition) is 4. The molecule has 4 N–H and O–H groups in total. The molecule has 1 aromatic carbocycles. The first-order valence-electron chi connectivity index (χ1n) is 8.65. The topological polar surface area (TPSA) is 91.5 Å². The third kappa shape index (κ3) is 9.22. The molecule has 1 rings (SSSR count). The number of nitrogens with one attached hydrogen (secondary N) is 4. The monoisotopic (exact) mass is 380 g/mol. The van der Waals surface area contributed by atoms with Gasteiger partial charge in [0.05, 0.1) is 0 Å². The highest BCUT2D eigenvalue weighted by molar-refractivity contribution is 7.80. The van der Waals surface area contributed by atoms with Crippen LogP contribution in [0, 0.1) is 0 Å². The van der Waals surface area contributed by atoms with Crippen molar-refractivity contribution in [3.63, 3.8) is 0 Å². The lowest BCUT2D eigenvalue weighted by atomic mass is 10.2. The summed E-state index contributed by atoms with van der Waals surface area (Å²) in [6.45, 7) is 8.22. The molecule has 8 heteroatoms. The third-order valence-corrected chi connectivity index (χ3v) is 3.37. The van der Waals surface area contributed by atoms with Crippen LogP contribution in [0.1, 0.15) is 57.3 Å². The van der Waals surface area contributed by atoms with E-state index in [1.807, 2.05) is 0 Å². The molecule has 26 heavy (non-hydrogen) atoms. The van der Waals surface area contributed by atoms with Gasteiger partial charge in [-0.1, -0.05) is 25.8 Å². The van der Waals surface area contributed by atoms with Crippen LogP contribution in [0.2, 0.25) is 0 Å². The molecular weight excluding hydrogens is 352 g/mol. The van der Waals surface area contributed by atoms with Gasteiger partial charge in [-0.15, -0.1) is 0 Å². The average Bonchev–Trinajstić information content (AvgIpc) is 2.55. The average molecular weight is 381 g/mol. The summed E-state index contributed by atoms with van der Waals surface area (Å²) >= 11 is 5.09. The zero-order chi connectivity index (χ0) is 19.6. The van der Waals surface area contributed by atoms with Gasteiger partial charge in [0, 0.05) is 17.8 Å². The summed E-state index contributed by atoms with van der Waals surface area (Å²) in [5.41, 5.74) is 5.43. The van der Waals surface area contributed by atoms with Crippen LogP contribution in [0.5, 0.6) is 0 Å². The number of hydrazine groups is 1. The molecule has 0 spiro atoms. The van der Waals surface area contributed by atoms with Crippen LogP contribution in [0.25, 0.3) is 0 Å². The minimum absolute atomic E-state index is 0.359. The fraction of sp³-hybridized carbons (Fsp3) is 0.500. The highest BCUT2D eigenvalue weighted by Crippen LogP contribution is 2.13. The molecule has 0 aliphatic carbocycles. The van der Waals surface area contributed by atoms with Gasteiger partial charge in [0.1, 0.15) is 5.60 Å². The first-order valence-corrected chi connectivity index (χ1v) is 9.06. The molecule has 0 heterocycles. The molecule has 144 valence electrons. The lowest BCUT2D eigenvalue weighted by Gasteiger charge is -2.19. The van der Waals surface area contributed by atoms with Crippen molar-refractivity contribution in [3.8, 4) is 0 Å². The van der Waals surface area contributed by atoms with Crippen LogP contribution in [0.15, 0.2) is 24.3 Å². The fourth-order valence-corrected chi connectivity index (χ4v) is 2.12. The Morgan fingerprint density at radius 3 is 2.54 bits per heavy atom. The van der Waals surface area contributed by atoms with Crippen molar-refractivity contribution in [3.05, 3.63) is 29.8 Å². The summed E-state index contributed by atoms with van der Waals surface area (Å²) < 4.78 is 5.19. The molecule has 1 aromatic rings. The SMILES string of the molecule is CCCCCNC(=S)NNC(=O)c1cccc(NC(=O)OC(C)(C)C)c1. The van der Waals surface area contributed by atoms with Crippen molar-refractivity contribution in [1.82, 2.24) is 16.2 Å². The van der Waals surface area contributed by atoms with Gasteiger partial charge in [-0.2, -0.15) is 0 Å². The highest BCUT2D eigenvalue weighted by Gasteiger charge is 2.16. The van der Waals surface area contributed by atoms with Crippen molar-refractivity contribution in [2.45, 2.75) is 52.6 Å². The molecule has 0 saturated heterocycles. The van der Waals surface area contributed by atoms with Crippen molar-refractivity contribution in [2.24, 2.45) is 0 Å². The molecule has 0 aliphatic rings. The Bertz CT molecular complexity index is 629. The predicted molar refractivity (Wildman–Crippen MR) is 107 cm³/mol. The number of carbonyl (C=O) groups excluding carboxylic acids is 2. The second kappa shape index (κ2) is 10.6. The normalized spacial score (nSPS) is 10.6. The van der Waals surface area contributed by atoms with E-state index in [2.05, 4.69) is 28.4 Å². The number of anilines is 1. The standard InChI is InChI=1S/C18H28N4O3S/c1-5-6-7-11-19-16(26)22-21-15(23)13-9-8-10-14(12-13)20-17(24)25-18(2,3)4/h8-10,12H,5-7,11H2,1-4H3,(H,20,24)(H,21,23)(H2,19,22,26). The zero-order valence-corrected chi connectivity index (χ0v) is 16.6. The van der Waals surface area contributed by atoms with Gasteiger partial charge in [0.25, 0.3) is 5.91 Å². The van der Waals surface area contributed by atoms with Crippen LogP contribution >= 0.6 is 12.2 Å². The van der Waals surface area contributed by atoms with Gasteiger partial charge in [-0.3, -0.25) is 21.0 Å². The molecule has 0 saturated carbocycles. The van der Waals surface area contributed by atoms with E-state index in [0.29, 0.717) is 16.4 Å². The van der Waals surface area contributed by atoms with Gasteiger partial charge < -0.3 is 10.1 Å². The van der Waals surface area contributed by atoms with E-state index in [-0.39, 0.29) is 5.91 Å². The lowest BCUT2D eigenvalue weighted by molar-refractivity contribution is 0.0635. The smallest absolute Gasteiger partial charge is 0.412 e. The Morgan fingerprint density at radius 1 is 1.15 bits per heavy atom. The van der Waals surface area contributed by atoms with E-state index in [1.165, 1.54) is 0 Å². The number of rotatable bonds is 6. The number of benzene rings is 1. The molecule has 2 amide bonds. The van der Waals surface area contributed by atoms with E-state index < -0.39 is 11.7 Å². The Labute approximate surface area is 160 Å². The van der Waals surface area contributed by atoms with Crippen molar-refractivity contribution in [2.75, 3.05) is 11.9 Å². The largest absolute Gasteiger partial charge is 0.444 e. The van der Waals surface area contributed by atoms with Crippen molar-refractivity contribution >= 4 is 35.0 Å². The van der Waals surface area contributed by atoms with E-state index >= 15 is 0 Å². The predicted octanol–water partition coefficient (Wildman–Crippen LogP) is 3.33. The molecular formula is C18H28N4O3S. The van der Waals surface area contributed by atoms with Crippen molar-refractivity contribution < 1.29 is 14.3 Å². The van der Waals surface area contributed by atoms with Crippen LogP contribution in [-0.4, -0.2) is 29.3 Å². The number of thiocarbonyl (C=S) groups is 1. The summed E-state index contributed by atoms with van der Waals surface area (Å²) in [5.74, 6) is -0.365. The number of amides is 2. The third-order valence-electron chi connectivity index (χ3n) is 3.13. The van der Waals surface area contributed by atoms with Crippen molar-refractivity contribution in [1.29, 1.82) is 0 Å². The fourth-order valence-electron chi connectivity index (χ4n) is 1.97. The Morgan fingerprint density at radius 2 is 1.88 bits per heavy atom. The Hall–Kier alpha value is -2.35. The maximum Gasteiger partial charge on any atom is 0.412 e. The van der Waals surface area contributed by atoms with Gasteiger partial charge in [-0.25, -0.2) is 4.79 Å². The van der Waals surface area contributed by atoms with Gasteiger partial charge in [0.15, 0.2) is 5.11 Å². The maximum atomic E-state index is 12.2. The van der Waals surface area contributed by atoms with E-state index in [1.54, 1.807) is 45.0 Å². The van der Waals surface area contributed by atoms with Crippen LogP contribution in [-0.2, 0) is 4.74 Å². The number of carbonyl (C=O) groups is 2. The molecule has 0 bridgehead atoms. The Kier molecular flexibility index (Phi) is 8.84. The highest BCUT2D eigenvalue weighted by atomic mass is 32.1. The number of ether oxygens (including phenoxy) is 1. The minimum Gasteiger partial charge on any atom is -0.444 e. The zero-order valence-electron chi connectivity index (χ0n) is 15.8. The van der Waals surface area contributed by atoms with Gasteiger partial charge >= 0.3 is 6.09 Å².